The summed E-state index contributed by atoms with van der Waals surface area (Å²) in [6, 6.07) is 3.87. The highest BCUT2D eigenvalue weighted by atomic mass is 79.9. The number of nitrogens with zero attached hydrogens (tertiary/aromatic N) is 2. The molecule has 0 aliphatic carbocycles. The molecule has 5 heteroatoms. The van der Waals surface area contributed by atoms with Gasteiger partial charge in [0.15, 0.2) is 0 Å². The molecule has 2 rings (SSSR count). The van der Waals surface area contributed by atoms with Crippen molar-refractivity contribution in [1.82, 2.24) is 9.88 Å². The van der Waals surface area contributed by atoms with Crippen LogP contribution in [-0.4, -0.2) is 43.3 Å². The monoisotopic (exact) mass is 300 g/mol. The van der Waals surface area contributed by atoms with Gasteiger partial charge in [-0.25, -0.2) is 4.98 Å². The van der Waals surface area contributed by atoms with Crippen LogP contribution in [-0.2, 0) is 11.3 Å². The van der Waals surface area contributed by atoms with Crippen LogP contribution in [0.1, 0.15) is 12.1 Å². The number of rotatable bonds is 4. The number of hydrogen-bond acceptors (Lipinski definition) is 4. The topological polar surface area (TPSA) is 34.6 Å². The summed E-state index contributed by atoms with van der Waals surface area (Å²) in [4.78, 5) is 6.54. The first-order valence-corrected chi connectivity index (χ1v) is 6.49. The van der Waals surface area contributed by atoms with Crippen LogP contribution in [0.5, 0.6) is 5.75 Å². The zero-order chi connectivity index (χ0) is 12.3. The van der Waals surface area contributed by atoms with Crippen molar-refractivity contribution in [2.75, 3.05) is 27.3 Å². The van der Waals surface area contributed by atoms with Crippen LogP contribution in [0, 0.1) is 0 Å². The second-order valence-corrected chi connectivity index (χ2v) is 5.23. The van der Waals surface area contributed by atoms with E-state index in [1.165, 1.54) is 0 Å². The fourth-order valence-electron chi connectivity index (χ4n) is 1.77. The van der Waals surface area contributed by atoms with Gasteiger partial charge in [0.25, 0.3) is 0 Å². The number of ether oxygens (including phenoxy) is 2. The molecule has 0 bridgehead atoms. The Labute approximate surface area is 110 Å². The van der Waals surface area contributed by atoms with Crippen LogP contribution in [0.2, 0.25) is 0 Å². The molecule has 1 aliphatic rings. The fraction of sp³-hybridized carbons (Fsp3) is 0.583. The predicted octanol–water partition coefficient (Wildman–Crippen LogP) is 2.07. The van der Waals surface area contributed by atoms with E-state index < -0.39 is 0 Å². The zero-order valence-corrected chi connectivity index (χ0v) is 11.7. The Kier molecular flexibility index (Phi) is 4.36. The highest BCUT2D eigenvalue weighted by Crippen LogP contribution is 2.23. The highest BCUT2D eigenvalue weighted by molar-refractivity contribution is 9.10. The van der Waals surface area contributed by atoms with Gasteiger partial charge in [-0.2, -0.15) is 0 Å². The molecule has 0 unspecified atom stereocenters. The normalized spacial score (nSPS) is 19.9. The average Bonchev–Trinajstić information content (AvgIpc) is 2.74. The summed E-state index contributed by atoms with van der Waals surface area (Å²) in [6.45, 7) is 2.23. The maximum Gasteiger partial charge on any atom is 0.142 e. The van der Waals surface area contributed by atoms with Gasteiger partial charge >= 0.3 is 0 Å². The Morgan fingerprint density at radius 1 is 1.53 bits per heavy atom. The quantitative estimate of drug-likeness (QED) is 0.798. The van der Waals surface area contributed by atoms with E-state index in [0.717, 1.165) is 35.6 Å². The maximum absolute atomic E-state index is 5.93. The largest absolute Gasteiger partial charge is 0.486 e. The van der Waals surface area contributed by atoms with E-state index in [1.807, 2.05) is 26.2 Å². The average molecular weight is 301 g/mol. The van der Waals surface area contributed by atoms with E-state index in [-0.39, 0.29) is 6.10 Å². The first-order valence-electron chi connectivity index (χ1n) is 5.69. The summed E-state index contributed by atoms with van der Waals surface area (Å²) in [5.74, 6) is 0.859. The smallest absolute Gasteiger partial charge is 0.142 e. The zero-order valence-electron chi connectivity index (χ0n) is 10.1. The van der Waals surface area contributed by atoms with Gasteiger partial charge in [0.05, 0.1) is 18.9 Å². The Hall–Kier alpha value is -0.650. The molecule has 0 aromatic carbocycles. The molecule has 4 nitrogen and oxygen atoms in total. The van der Waals surface area contributed by atoms with E-state index in [2.05, 4.69) is 25.8 Å². The molecule has 17 heavy (non-hydrogen) atoms. The molecule has 1 fully saturated rings. The Balaban J connectivity index is 2.13. The van der Waals surface area contributed by atoms with Crippen LogP contribution < -0.4 is 4.74 Å². The lowest BCUT2D eigenvalue weighted by Gasteiger charge is -2.17. The molecule has 0 radical (unpaired) electrons. The van der Waals surface area contributed by atoms with Gasteiger partial charge in [-0.15, -0.1) is 0 Å². The minimum atomic E-state index is 0.166. The van der Waals surface area contributed by atoms with Gasteiger partial charge < -0.3 is 14.4 Å². The Morgan fingerprint density at radius 2 is 2.35 bits per heavy atom. The van der Waals surface area contributed by atoms with E-state index in [1.54, 1.807) is 0 Å². The summed E-state index contributed by atoms with van der Waals surface area (Å²) in [7, 11) is 4.04. The van der Waals surface area contributed by atoms with Crippen molar-refractivity contribution in [3.8, 4) is 5.75 Å². The molecule has 94 valence electrons. The van der Waals surface area contributed by atoms with Crippen molar-refractivity contribution < 1.29 is 9.47 Å². The van der Waals surface area contributed by atoms with Crippen molar-refractivity contribution in [3.05, 3.63) is 22.4 Å². The lowest BCUT2D eigenvalue weighted by molar-refractivity contribution is 0.139. The summed E-state index contributed by atoms with van der Waals surface area (Å²) in [6.07, 6.45) is 1.12. The number of halogens is 1. The van der Waals surface area contributed by atoms with Crippen molar-refractivity contribution >= 4 is 15.9 Å². The summed E-state index contributed by atoms with van der Waals surface area (Å²) in [5.41, 5.74) is 0.955. The molecule has 0 spiro atoms. The number of hydrogen-bond donors (Lipinski definition) is 0. The fourth-order valence-corrected chi connectivity index (χ4v) is 2.11. The van der Waals surface area contributed by atoms with Gasteiger partial charge in [0, 0.05) is 13.0 Å². The second-order valence-electron chi connectivity index (χ2n) is 4.42. The van der Waals surface area contributed by atoms with Crippen LogP contribution >= 0.6 is 15.9 Å². The molecule has 0 saturated carbocycles. The van der Waals surface area contributed by atoms with Gasteiger partial charge in [-0.05, 0) is 42.2 Å². The maximum atomic E-state index is 5.93. The molecule has 1 atom stereocenters. The van der Waals surface area contributed by atoms with Gasteiger partial charge in [-0.3, -0.25) is 0 Å². The standard InChI is InChI=1S/C12H17BrN2O2/c1-15(2)7-10-11(3-4-12(13)14-10)17-9-5-6-16-8-9/h3-4,9H,5-8H2,1-2H3/t9-/m0/s1. The molecule has 1 aromatic heterocycles. The van der Waals surface area contributed by atoms with E-state index in [4.69, 9.17) is 9.47 Å². The van der Waals surface area contributed by atoms with Crippen molar-refractivity contribution in [2.45, 2.75) is 19.1 Å². The number of pyridine rings is 1. The van der Waals surface area contributed by atoms with Crippen LogP contribution in [0.15, 0.2) is 16.7 Å². The Bertz CT molecular complexity index is 379. The lowest BCUT2D eigenvalue weighted by Crippen LogP contribution is -2.19. The molecule has 0 amide bonds. The van der Waals surface area contributed by atoms with Crippen molar-refractivity contribution in [1.29, 1.82) is 0 Å². The molecule has 2 heterocycles. The number of aromatic nitrogens is 1. The van der Waals surface area contributed by atoms with Gasteiger partial charge in [-0.1, -0.05) is 0 Å². The predicted molar refractivity (Wildman–Crippen MR) is 69.2 cm³/mol. The first kappa shape index (κ1) is 12.8. The van der Waals surface area contributed by atoms with Gasteiger partial charge in [0.2, 0.25) is 0 Å². The van der Waals surface area contributed by atoms with Crippen LogP contribution in [0.4, 0.5) is 0 Å². The third-order valence-corrected chi connectivity index (χ3v) is 2.99. The molecular weight excluding hydrogens is 284 g/mol. The molecule has 1 saturated heterocycles. The lowest BCUT2D eigenvalue weighted by atomic mass is 10.3. The molecule has 1 aliphatic heterocycles. The summed E-state index contributed by atoms with van der Waals surface area (Å²) < 4.78 is 12.1. The first-order chi connectivity index (χ1) is 8.15. The van der Waals surface area contributed by atoms with E-state index >= 15 is 0 Å². The Morgan fingerprint density at radius 3 is 3.00 bits per heavy atom. The third-order valence-electron chi connectivity index (χ3n) is 2.55. The van der Waals surface area contributed by atoms with Crippen LogP contribution in [0.3, 0.4) is 0 Å². The second kappa shape index (κ2) is 5.80. The van der Waals surface area contributed by atoms with E-state index in [9.17, 15) is 0 Å². The van der Waals surface area contributed by atoms with E-state index in [0.29, 0.717) is 6.61 Å². The SMILES string of the molecule is CN(C)Cc1nc(Br)ccc1O[C@H]1CCOC1. The van der Waals surface area contributed by atoms with Gasteiger partial charge in [0.1, 0.15) is 16.5 Å². The highest BCUT2D eigenvalue weighted by Gasteiger charge is 2.19. The third kappa shape index (κ3) is 3.66. The molecule has 1 aromatic rings. The molecular formula is C12H17BrN2O2. The van der Waals surface area contributed by atoms with Crippen molar-refractivity contribution in [2.24, 2.45) is 0 Å². The molecule has 0 N–H and O–H groups in total. The van der Waals surface area contributed by atoms with Crippen molar-refractivity contribution in [3.63, 3.8) is 0 Å². The van der Waals surface area contributed by atoms with Crippen LogP contribution in [0.25, 0.3) is 0 Å². The minimum Gasteiger partial charge on any atom is -0.486 e. The summed E-state index contributed by atoms with van der Waals surface area (Å²) >= 11 is 3.39. The summed E-state index contributed by atoms with van der Waals surface area (Å²) in [5, 5.41) is 0. The minimum absolute atomic E-state index is 0.166.